The quantitative estimate of drug-likeness (QED) is 0.770. The van der Waals surface area contributed by atoms with Gasteiger partial charge in [-0.3, -0.25) is 0 Å². The highest BCUT2D eigenvalue weighted by molar-refractivity contribution is 9.10. The van der Waals surface area contributed by atoms with Crippen LogP contribution in [0.2, 0.25) is 5.02 Å². The van der Waals surface area contributed by atoms with Gasteiger partial charge in [0.05, 0.1) is 5.52 Å². The Morgan fingerprint density at radius 2 is 1.95 bits per heavy atom. The summed E-state index contributed by atoms with van der Waals surface area (Å²) in [4.78, 5) is 4.54. The molecule has 0 aliphatic rings. The molecule has 0 saturated carbocycles. The number of pyridine rings is 1. The molecule has 0 spiro atoms. The predicted molar refractivity (Wildman–Crippen MR) is 81.6 cm³/mol. The second-order valence-corrected chi connectivity index (χ2v) is 5.52. The van der Waals surface area contributed by atoms with E-state index >= 15 is 0 Å². The van der Waals surface area contributed by atoms with Crippen LogP contribution in [0, 0.1) is 0 Å². The molecule has 0 fully saturated rings. The van der Waals surface area contributed by atoms with Crippen molar-refractivity contribution in [3.8, 4) is 0 Å². The summed E-state index contributed by atoms with van der Waals surface area (Å²) in [6.07, 6.45) is 2.68. The van der Waals surface area contributed by atoms with Gasteiger partial charge in [0.25, 0.3) is 0 Å². The van der Waals surface area contributed by atoms with Crippen molar-refractivity contribution in [1.82, 2.24) is 9.38 Å². The Bertz CT molecular complexity index is 734. The fraction of sp³-hybridized carbons (Fsp3) is 0.0714. The van der Waals surface area contributed by atoms with Crippen LogP contribution in [0.15, 0.2) is 47.2 Å². The SMILES string of the molecule is Nc1ccn2c(Cc3ccc(Cl)cc3)nc(Br)c2c1. The average Bonchev–Trinajstić information content (AvgIpc) is 2.69. The molecule has 19 heavy (non-hydrogen) atoms. The van der Waals surface area contributed by atoms with Crippen molar-refractivity contribution >= 4 is 38.7 Å². The lowest BCUT2D eigenvalue weighted by Gasteiger charge is -2.02. The van der Waals surface area contributed by atoms with Crippen LogP contribution in [0.5, 0.6) is 0 Å². The van der Waals surface area contributed by atoms with Gasteiger partial charge in [-0.2, -0.15) is 0 Å². The van der Waals surface area contributed by atoms with Gasteiger partial charge in [0.1, 0.15) is 10.4 Å². The standard InChI is InChI=1S/C14H11BrClN3/c15-14-12-8-11(17)5-6-19(12)13(18-14)7-9-1-3-10(16)4-2-9/h1-6,8H,7,17H2. The number of nitrogens with two attached hydrogens (primary N) is 1. The van der Waals surface area contributed by atoms with Crippen LogP contribution in [0.25, 0.3) is 5.52 Å². The van der Waals surface area contributed by atoms with E-state index in [1.54, 1.807) is 0 Å². The van der Waals surface area contributed by atoms with Gasteiger partial charge in [-0.05, 0) is 45.8 Å². The number of halogens is 2. The molecule has 1 aromatic carbocycles. The minimum atomic E-state index is 0.728. The molecule has 0 atom stereocenters. The van der Waals surface area contributed by atoms with E-state index < -0.39 is 0 Å². The molecule has 3 nitrogen and oxygen atoms in total. The van der Waals surface area contributed by atoms with Crippen molar-refractivity contribution in [2.75, 3.05) is 5.73 Å². The van der Waals surface area contributed by atoms with Crippen molar-refractivity contribution < 1.29 is 0 Å². The lowest BCUT2D eigenvalue weighted by molar-refractivity contribution is 0.959. The van der Waals surface area contributed by atoms with E-state index in [0.717, 1.165) is 33.1 Å². The van der Waals surface area contributed by atoms with Gasteiger partial charge in [0.15, 0.2) is 0 Å². The molecule has 0 radical (unpaired) electrons. The van der Waals surface area contributed by atoms with E-state index in [0.29, 0.717) is 0 Å². The van der Waals surface area contributed by atoms with Crippen LogP contribution in [0.4, 0.5) is 5.69 Å². The second-order valence-electron chi connectivity index (χ2n) is 4.34. The molecule has 96 valence electrons. The Kier molecular flexibility index (Phi) is 3.21. The molecule has 0 saturated heterocycles. The number of imidazole rings is 1. The molecule has 0 aliphatic heterocycles. The van der Waals surface area contributed by atoms with Crippen molar-refractivity contribution in [1.29, 1.82) is 0 Å². The van der Waals surface area contributed by atoms with E-state index in [9.17, 15) is 0 Å². The highest BCUT2D eigenvalue weighted by Crippen LogP contribution is 2.23. The number of benzene rings is 1. The fourth-order valence-corrected chi connectivity index (χ4v) is 2.67. The number of anilines is 1. The van der Waals surface area contributed by atoms with Crippen LogP contribution < -0.4 is 5.73 Å². The molecule has 0 amide bonds. The van der Waals surface area contributed by atoms with Crippen molar-refractivity contribution in [3.63, 3.8) is 0 Å². The fourth-order valence-electron chi connectivity index (χ4n) is 2.03. The van der Waals surface area contributed by atoms with Gasteiger partial charge in [-0.25, -0.2) is 4.98 Å². The first kappa shape index (κ1) is 12.5. The van der Waals surface area contributed by atoms with E-state index in [2.05, 4.69) is 20.9 Å². The summed E-state index contributed by atoms with van der Waals surface area (Å²) in [7, 11) is 0. The predicted octanol–water partition coefficient (Wildman–Crippen LogP) is 3.92. The third-order valence-electron chi connectivity index (χ3n) is 2.97. The first-order chi connectivity index (χ1) is 9.13. The van der Waals surface area contributed by atoms with Crippen LogP contribution in [0.1, 0.15) is 11.4 Å². The third kappa shape index (κ3) is 2.46. The molecular weight excluding hydrogens is 326 g/mol. The molecule has 3 aromatic rings. The molecule has 2 N–H and O–H groups in total. The summed E-state index contributed by atoms with van der Waals surface area (Å²) in [6.45, 7) is 0. The number of nitrogens with zero attached hydrogens (tertiary/aromatic N) is 2. The van der Waals surface area contributed by atoms with E-state index in [-0.39, 0.29) is 0 Å². The van der Waals surface area contributed by atoms with Crippen LogP contribution in [0.3, 0.4) is 0 Å². The molecule has 0 unspecified atom stereocenters. The maximum absolute atomic E-state index is 5.89. The number of aromatic nitrogens is 2. The summed E-state index contributed by atoms with van der Waals surface area (Å²) in [5.74, 6) is 0.962. The van der Waals surface area contributed by atoms with Crippen LogP contribution in [-0.4, -0.2) is 9.38 Å². The van der Waals surface area contributed by atoms with Crippen LogP contribution >= 0.6 is 27.5 Å². The summed E-state index contributed by atoms with van der Waals surface area (Å²) >= 11 is 9.36. The second kappa shape index (κ2) is 4.87. The van der Waals surface area contributed by atoms with Crippen molar-refractivity contribution in [2.24, 2.45) is 0 Å². The van der Waals surface area contributed by atoms with E-state index in [1.807, 2.05) is 47.0 Å². The highest BCUT2D eigenvalue weighted by Gasteiger charge is 2.09. The Morgan fingerprint density at radius 1 is 1.21 bits per heavy atom. The minimum absolute atomic E-state index is 0.728. The third-order valence-corrected chi connectivity index (χ3v) is 3.81. The first-order valence-corrected chi connectivity index (χ1v) is 6.97. The maximum Gasteiger partial charge on any atom is 0.132 e. The monoisotopic (exact) mass is 335 g/mol. The molecular formula is C14H11BrClN3. The Balaban J connectivity index is 2.03. The lowest BCUT2D eigenvalue weighted by atomic mass is 10.1. The van der Waals surface area contributed by atoms with Gasteiger partial charge in [-0.1, -0.05) is 23.7 Å². The zero-order valence-electron chi connectivity index (χ0n) is 9.98. The largest absolute Gasteiger partial charge is 0.399 e. The Morgan fingerprint density at radius 3 is 2.68 bits per heavy atom. The molecule has 0 aliphatic carbocycles. The average molecular weight is 337 g/mol. The van der Waals surface area contributed by atoms with Gasteiger partial charge >= 0.3 is 0 Å². The number of nitrogen functional groups attached to an aromatic ring is 1. The zero-order chi connectivity index (χ0) is 13.4. The first-order valence-electron chi connectivity index (χ1n) is 5.80. The number of hydrogen-bond acceptors (Lipinski definition) is 2. The van der Waals surface area contributed by atoms with E-state index in [1.165, 1.54) is 5.56 Å². The smallest absolute Gasteiger partial charge is 0.132 e. The minimum Gasteiger partial charge on any atom is -0.399 e. The van der Waals surface area contributed by atoms with Gasteiger partial charge in [0, 0.05) is 23.3 Å². The Labute approximate surface area is 124 Å². The molecule has 2 heterocycles. The summed E-state index contributed by atoms with van der Waals surface area (Å²) < 4.78 is 2.85. The van der Waals surface area contributed by atoms with Gasteiger partial charge < -0.3 is 10.1 Å². The molecule has 2 aromatic heterocycles. The summed E-state index contributed by atoms with van der Waals surface area (Å²) in [5, 5.41) is 0.741. The Hall–Kier alpha value is -1.52. The van der Waals surface area contributed by atoms with Gasteiger partial charge in [-0.15, -0.1) is 0 Å². The number of fused-ring (bicyclic) bond motifs is 1. The zero-order valence-corrected chi connectivity index (χ0v) is 12.3. The highest BCUT2D eigenvalue weighted by atomic mass is 79.9. The van der Waals surface area contributed by atoms with Crippen molar-refractivity contribution in [2.45, 2.75) is 6.42 Å². The lowest BCUT2D eigenvalue weighted by Crippen LogP contribution is -1.96. The number of hydrogen-bond donors (Lipinski definition) is 1. The maximum atomic E-state index is 5.89. The van der Waals surface area contributed by atoms with E-state index in [4.69, 9.17) is 17.3 Å². The van der Waals surface area contributed by atoms with Crippen LogP contribution in [-0.2, 0) is 6.42 Å². The van der Waals surface area contributed by atoms with Gasteiger partial charge in [0.2, 0.25) is 0 Å². The number of rotatable bonds is 2. The summed E-state index contributed by atoms with van der Waals surface area (Å²) in [6, 6.07) is 11.6. The molecule has 3 rings (SSSR count). The molecule has 5 heteroatoms. The normalized spacial score (nSPS) is 11.1. The summed E-state index contributed by atoms with van der Waals surface area (Å²) in [5.41, 5.74) is 8.67. The molecule has 0 bridgehead atoms. The van der Waals surface area contributed by atoms with Crippen molar-refractivity contribution in [3.05, 3.63) is 63.6 Å². The topological polar surface area (TPSA) is 43.3 Å².